The predicted molar refractivity (Wildman–Crippen MR) is 145 cm³/mol. The summed E-state index contributed by atoms with van der Waals surface area (Å²) in [6.07, 6.45) is 4.69. The van der Waals surface area contributed by atoms with Gasteiger partial charge in [0.05, 0.1) is 41.2 Å². The van der Waals surface area contributed by atoms with Crippen molar-refractivity contribution >= 4 is 54.7 Å². The van der Waals surface area contributed by atoms with E-state index >= 15 is 0 Å². The van der Waals surface area contributed by atoms with Gasteiger partial charge in [-0.2, -0.15) is 0 Å². The quantitative estimate of drug-likeness (QED) is 0.318. The Morgan fingerprint density at radius 1 is 1.06 bits per heavy atom. The summed E-state index contributed by atoms with van der Waals surface area (Å²) in [6.45, 7) is 4.47. The molecule has 4 heterocycles. The molecule has 0 bridgehead atoms. The smallest absolute Gasteiger partial charge is 0.229 e. The Balaban J connectivity index is 1.32. The van der Waals surface area contributed by atoms with E-state index in [1.54, 1.807) is 24.5 Å². The summed E-state index contributed by atoms with van der Waals surface area (Å²) < 4.78 is 26.7. The van der Waals surface area contributed by atoms with E-state index in [1.807, 2.05) is 29.6 Å². The molecule has 1 fully saturated rings. The van der Waals surface area contributed by atoms with Crippen molar-refractivity contribution in [1.82, 2.24) is 19.9 Å². The van der Waals surface area contributed by atoms with E-state index in [4.69, 9.17) is 10.1 Å². The predicted octanol–water partition coefficient (Wildman–Crippen LogP) is 2.98. The minimum absolute atomic E-state index is 0.187. The van der Waals surface area contributed by atoms with Crippen molar-refractivity contribution in [3.05, 3.63) is 54.2 Å². The molecule has 3 aromatic heterocycles. The first-order valence-electron chi connectivity index (χ1n) is 11.5. The van der Waals surface area contributed by atoms with E-state index in [2.05, 4.69) is 29.8 Å². The molecule has 3 N–H and O–H groups in total. The van der Waals surface area contributed by atoms with Crippen molar-refractivity contribution in [1.29, 1.82) is 0 Å². The van der Waals surface area contributed by atoms with Crippen LogP contribution in [-0.4, -0.2) is 79.0 Å². The fourth-order valence-electron chi connectivity index (χ4n) is 4.18. The van der Waals surface area contributed by atoms with Gasteiger partial charge >= 0.3 is 0 Å². The number of aliphatic hydroxyl groups is 1. The number of hydrogen-bond donors (Lipinski definition) is 3. The summed E-state index contributed by atoms with van der Waals surface area (Å²) in [6, 6.07) is 11.2. The van der Waals surface area contributed by atoms with Gasteiger partial charge in [0.2, 0.25) is 16.0 Å². The second-order valence-corrected chi connectivity index (χ2v) is 11.3. The number of benzene rings is 1. The Morgan fingerprint density at radius 3 is 2.61 bits per heavy atom. The van der Waals surface area contributed by atoms with Crippen molar-refractivity contribution in [2.75, 3.05) is 60.5 Å². The third kappa shape index (κ3) is 5.73. The lowest BCUT2D eigenvalue weighted by Crippen LogP contribution is -2.47. The van der Waals surface area contributed by atoms with Crippen molar-refractivity contribution in [3.63, 3.8) is 0 Å². The van der Waals surface area contributed by atoms with E-state index in [1.165, 1.54) is 11.3 Å². The molecule has 0 saturated carbocycles. The maximum atomic E-state index is 11.6. The molecule has 10 nitrogen and oxygen atoms in total. The number of rotatable bonds is 8. The third-order valence-corrected chi connectivity index (χ3v) is 7.42. The number of sulfonamides is 1. The van der Waals surface area contributed by atoms with Crippen molar-refractivity contribution in [3.8, 4) is 11.1 Å². The van der Waals surface area contributed by atoms with Gasteiger partial charge in [0.15, 0.2) is 0 Å². The number of piperazine rings is 1. The van der Waals surface area contributed by atoms with E-state index in [-0.39, 0.29) is 6.61 Å². The first-order valence-corrected chi connectivity index (χ1v) is 14.3. The fraction of sp³-hybridized carbons (Fsp3) is 0.292. The Kier molecular flexibility index (Phi) is 7.01. The zero-order valence-corrected chi connectivity index (χ0v) is 21.4. The van der Waals surface area contributed by atoms with Crippen LogP contribution < -0.4 is 14.9 Å². The van der Waals surface area contributed by atoms with E-state index in [0.29, 0.717) is 18.2 Å². The molecule has 0 spiro atoms. The second-order valence-electron chi connectivity index (χ2n) is 8.59. The van der Waals surface area contributed by atoms with Gasteiger partial charge in [-0.15, -0.1) is 11.3 Å². The molecule has 188 valence electrons. The van der Waals surface area contributed by atoms with Gasteiger partial charge < -0.3 is 15.3 Å². The van der Waals surface area contributed by atoms with Crippen molar-refractivity contribution in [2.45, 2.75) is 0 Å². The Bertz CT molecular complexity index is 1450. The van der Waals surface area contributed by atoms with Crippen LogP contribution in [0.5, 0.6) is 0 Å². The summed E-state index contributed by atoms with van der Waals surface area (Å²) in [5, 5.41) is 14.3. The molecular weight excluding hydrogens is 498 g/mol. The molecule has 1 aromatic carbocycles. The monoisotopic (exact) mass is 525 g/mol. The zero-order valence-electron chi connectivity index (χ0n) is 19.8. The lowest BCUT2D eigenvalue weighted by atomic mass is 10.1. The van der Waals surface area contributed by atoms with Crippen LogP contribution in [0.4, 0.5) is 23.1 Å². The van der Waals surface area contributed by atoms with Gasteiger partial charge in [0.25, 0.3) is 0 Å². The summed E-state index contributed by atoms with van der Waals surface area (Å²) >= 11 is 1.54. The number of nitrogens with zero attached hydrogens (tertiary/aromatic N) is 5. The van der Waals surface area contributed by atoms with E-state index in [9.17, 15) is 8.42 Å². The molecule has 0 aliphatic carbocycles. The summed E-state index contributed by atoms with van der Waals surface area (Å²) in [5.74, 6) is 1.38. The standard InChI is InChI=1S/C24H27N7O3S2/c1-36(33,34)29-18-4-2-3-17(13-18)20-16-35-21-15-26-24(28-23(20)21)27-19-5-6-22(25-14-19)31-9-7-30(8-10-31)11-12-32/h2-6,13-16,29,32H,7-12H2,1H3,(H,26,27,28). The van der Waals surface area contributed by atoms with Crippen LogP contribution in [0.3, 0.4) is 0 Å². The normalized spacial score (nSPS) is 14.8. The molecule has 1 aliphatic heterocycles. The van der Waals surface area contributed by atoms with Gasteiger partial charge in [-0.3, -0.25) is 9.62 Å². The molecule has 36 heavy (non-hydrogen) atoms. The van der Waals surface area contributed by atoms with Crippen LogP contribution in [-0.2, 0) is 10.0 Å². The zero-order chi connectivity index (χ0) is 25.1. The molecule has 4 aromatic rings. The van der Waals surface area contributed by atoms with Gasteiger partial charge in [0, 0.05) is 49.4 Å². The highest BCUT2D eigenvalue weighted by molar-refractivity contribution is 7.92. The first kappa shape index (κ1) is 24.4. The fourth-order valence-corrected chi connectivity index (χ4v) is 5.60. The van der Waals surface area contributed by atoms with Gasteiger partial charge in [-0.1, -0.05) is 12.1 Å². The second kappa shape index (κ2) is 10.3. The lowest BCUT2D eigenvalue weighted by Gasteiger charge is -2.35. The molecule has 0 radical (unpaired) electrons. The molecule has 0 unspecified atom stereocenters. The largest absolute Gasteiger partial charge is 0.395 e. The van der Waals surface area contributed by atoms with Crippen LogP contribution in [0.15, 0.2) is 54.2 Å². The molecule has 1 aliphatic rings. The number of β-amino-alcohol motifs (C(OH)–C–C–N with tert-alkyl or cyclic N) is 1. The van der Waals surface area contributed by atoms with Gasteiger partial charge in [0.1, 0.15) is 5.82 Å². The summed E-state index contributed by atoms with van der Waals surface area (Å²) in [4.78, 5) is 18.3. The maximum absolute atomic E-state index is 11.6. The highest BCUT2D eigenvalue weighted by atomic mass is 32.2. The number of aromatic nitrogens is 3. The number of thiophene rings is 1. The van der Waals surface area contributed by atoms with Gasteiger partial charge in [-0.05, 0) is 29.8 Å². The average molecular weight is 526 g/mol. The Hall–Kier alpha value is -3.32. The first-order chi connectivity index (χ1) is 17.4. The minimum atomic E-state index is -3.37. The average Bonchev–Trinajstić information content (AvgIpc) is 3.28. The highest BCUT2D eigenvalue weighted by Gasteiger charge is 2.17. The Morgan fingerprint density at radius 2 is 1.89 bits per heavy atom. The lowest BCUT2D eigenvalue weighted by molar-refractivity contribution is 0.188. The molecular formula is C24H27N7O3S2. The van der Waals surface area contributed by atoms with Crippen LogP contribution >= 0.6 is 11.3 Å². The van der Waals surface area contributed by atoms with Crippen LogP contribution in [0.2, 0.25) is 0 Å². The Labute approximate surface area is 213 Å². The maximum Gasteiger partial charge on any atom is 0.229 e. The summed E-state index contributed by atoms with van der Waals surface area (Å²) in [7, 11) is -3.37. The van der Waals surface area contributed by atoms with E-state index in [0.717, 1.165) is 65.3 Å². The number of pyridine rings is 1. The number of nitrogens with one attached hydrogen (secondary N) is 2. The number of fused-ring (bicyclic) bond motifs is 1. The molecule has 0 amide bonds. The van der Waals surface area contributed by atoms with E-state index < -0.39 is 10.0 Å². The van der Waals surface area contributed by atoms with Crippen molar-refractivity contribution in [2.24, 2.45) is 0 Å². The number of aliphatic hydroxyl groups excluding tert-OH is 1. The molecule has 5 rings (SSSR count). The molecule has 1 saturated heterocycles. The van der Waals surface area contributed by atoms with Crippen LogP contribution in [0.1, 0.15) is 0 Å². The topological polar surface area (TPSA) is 124 Å². The SMILES string of the molecule is CS(=O)(=O)Nc1cccc(-c2csc3cnc(Nc4ccc(N5CCN(CCO)CC5)nc4)nc23)c1. The number of hydrogen-bond acceptors (Lipinski definition) is 10. The van der Waals surface area contributed by atoms with Crippen molar-refractivity contribution < 1.29 is 13.5 Å². The highest BCUT2D eigenvalue weighted by Crippen LogP contribution is 2.34. The minimum Gasteiger partial charge on any atom is -0.395 e. The summed E-state index contributed by atoms with van der Waals surface area (Å²) in [5.41, 5.74) is 3.85. The van der Waals surface area contributed by atoms with Crippen LogP contribution in [0.25, 0.3) is 21.3 Å². The van der Waals surface area contributed by atoms with Crippen LogP contribution in [0, 0.1) is 0 Å². The number of anilines is 4. The molecule has 0 atom stereocenters. The van der Waals surface area contributed by atoms with Gasteiger partial charge in [-0.25, -0.2) is 23.4 Å². The molecule has 12 heteroatoms. The third-order valence-electron chi connectivity index (χ3n) is 5.91.